The number of rotatable bonds is 6. The quantitative estimate of drug-likeness (QED) is 0.853. The molecule has 1 N–H and O–H groups in total. The molecule has 1 aromatic rings. The first-order chi connectivity index (χ1) is 8.86. The summed E-state index contributed by atoms with van der Waals surface area (Å²) in [6, 6.07) is 3.77. The lowest BCUT2D eigenvalue weighted by Crippen LogP contribution is -2.16. The van der Waals surface area contributed by atoms with Crippen molar-refractivity contribution in [3.05, 3.63) is 23.4 Å². The molecule has 0 amide bonds. The number of aliphatic hydroxyl groups is 1. The second-order valence-corrected chi connectivity index (χ2v) is 6.31. The third-order valence-electron chi connectivity index (χ3n) is 3.11. The maximum atomic E-state index is 9.33. The average Bonchev–Trinajstić information content (AvgIpc) is 2.35. The smallest absolute Gasteiger partial charge is 0.213 e. The van der Waals surface area contributed by atoms with E-state index in [0.29, 0.717) is 18.4 Å². The predicted molar refractivity (Wildman–Crippen MR) is 78.4 cm³/mol. The average molecular weight is 265 g/mol. The molecule has 0 spiro atoms. The SMILES string of the molecule is CCCC(C)COc1cc(CO)cc(C(C)(C)C)n1. The highest BCUT2D eigenvalue weighted by Gasteiger charge is 2.17. The van der Waals surface area contributed by atoms with Crippen LogP contribution in [0.3, 0.4) is 0 Å². The fraction of sp³-hybridized carbons (Fsp3) is 0.688. The second-order valence-electron chi connectivity index (χ2n) is 6.31. The molecule has 1 unspecified atom stereocenters. The molecule has 0 aliphatic heterocycles. The molecule has 19 heavy (non-hydrogen) atoms. The first kappa shape index (κ1) is 16.0. The van der Waals surface area contributed by atoms with Gasteiger partial charge >= 0.3 is 0 Å². The molecular formula is C16H27NO2. The molecule has 0 radical (unpaired) electrons. The van der Waals surface area contributed by atoms with E-state index < -0.39 is 0 Å². The van der Waals surface area contributed by atoms with Crippen molar-refractivity contribution in [1.82, 2.24) is 4.98 Å². The van der Waals surface area contributed by atoms with Crippen molar-refractivity contribution in [3.8, 4) is 5.88 Å². The highest BCUT2D eigenvalue weighted by Crippen LogP contribution is 2.24. The van der Waals surface area contributed by atoms with Gasteiger partial charge in [-0.05, 0) is 24.0 Å². The van der Waals surface area contributed by atoms with E-state index in [0.717, 1.165) is 17.7 Å². The summed E-state index contributed by atoms with van der Waals surface area (Å²) in [4.78, 5) is 4.55. The minimum absolute atomic E-state index is 0.0203. The Morgan fingerprint density at radius 2 is 2.00 bits per heavy atom. The lowest BCUT2D eigenvalue weighted by molar-refractivity contribution is 0.239. The summed E-state index contributed by atoms with van der Waals surface area (Å²) in [5.74, 6) is 1.15. The second kappa shape index (κ2) is 6.90. The number of pyridine rings is 1. The van der Waals surface area contributed by atoms with Crippen molar-refractivity contribution in [2.24, 2.45) is 5.92 Å². The zero-order valence-corrected chi connectivity index (χ0v) is 12.9. The van der Waals surface area contributed by atoms with Gasteiger partial charge in [-0.15, -0.1) is 0 Å². The molecule has 108 valence electrons. The van der Waals surface area contributed by atoms with E-state index in [1.54, 1.807) is 0 Å². The highest BCUT2D eigenvalue weighted by atomic mass is 16.5. The van der Waals surface area contributed by atoms with E-state index in [2.05, 4.69) is 39.6 Å². The van der Waals surface area contributed by atoms with Crippen molar-refractivity contribution in [2.75, 3.05) is 6.61 Å². The molecule has 3 nitrogen and oxygen atoms in total. The van der Waals surface area contributed by atoms with Crippen LogP contribution in [-0.4, -0.2) is 16.7 Å². The van der Waals surface area contributed by atoms with Gasteiger partial charge in [-0.25, -0.2) is 4.98 Å². The Kier molecular flexibility index (Phi) is 5.80. The third kappa shape index (κ3) is 5.19. The molecule has 0 aliphatic rings. The molecule has 3 heteroatoms. The van der Waals surface area contributed by atoms with Gasteiger partial charge in [0.05, 0.1) is 18.9 Å². The van der Waals surface area contributed by atoms with Crippen LogP contribution in [0.2, 0.25) is 0 Å². The molecular weight excluding hydrogens is 238 g/mol. The number of hydrogen-bond donors (Lipinski definition) is 1. The van der Waals surface area contributed by atoms with Crippen LogP contribution in [0.4, 0.5) is 0 Å². The molecule has 0 aromatic carbocycles. The van der Waals surface area contributed by atoms with E-state index in [-0.39, 0.29) is 12.0 Å². The van der Waals surface area contributed by atoms with Crippen LogP contribution in [0.5, 0.6) is 5.88 Å². The normalized spacial score (nSPS) is 13.4. The van der Waals surface area contributed by atoms with Gasteiger partial charge in [0.15, 0.2) is 0 Å². The number of aromatic nitrogens is 1. The van der Waals surface area contributed by atoms with Gasteiger partial charge in [-0.2, -0.15) is 0 Å². The minimum atomic E-state index is -0.0433. The van der Waals surface area contributed by atoms with Crippen molar-refractivity contribution in [1.29, 1.82) is 0 Å². The number of hydrogen-bond acceptors (Lipinski definition) is 3. The molecule has 1 heterocycles. The summed E-state index contributed by atoms with van der Waals surface area (Å²) in [6.45, 7) is 11.4. The molecule has 1 atom stereocenters. The van der Waals surface area contributed by atoms with Crippen molar-refractivity contribution in [3.63, 3.8) is 0 Å². The maximum Gasteiger partial charge on any atom is 0.213 e. The molecule has 1 aromatic heterocycles. The molecule has 1 rings (SSSR count). The molecule has 0 saturated carbocycles. The highest BCUT2D eigenvalue weighted by molar-refractivity contribution is 5.28. The van der Waals surface area contributed by atoms with Gasteiger partial charge in [0.25, 0.3) is 0 Å². The van der Waals surface area contributed by atoms with E-state index in [1.165, 1.54) is 6.42 Å². The standard InChI is InChI=1S/C16H27NO2/c1-6-7-12(2)11-19-15-9-13(10-18)8-14(17-15)16(3,4)5/h8-9,12,18H,6-7,10-11H2,1-5H3. The van der Waals surface area contributed by atoms with E-state index >= 15 is 0 Å². The van der Waals surface area contributed by atoms with Gasteiger partial charge in [0, 0.05) is 11.5 Å². The number of nitrogens with zero attached hydrogens (tertiary/aromatic N) is 1. The van der Waals surface area contributed by atoms with Crippen LogP contribution in [0, 0.1) is 5.92 Å². The topological polar surface area (TPSA) is 42.4 Å². The monoisotopic (exact) mass is 265 g/mol. The lowest BCUT2D eigenvalue weighted by Gasteiger charge is -2.20. The van der Waals surface area contributed by atoms with Gasteiger partial charge < -0.3 is 9.84 Å². The fourth-order valence-electron chi connectivity index (χ4n) is 1.91. The third-order valence-corrected chi connectivity index (χ3v) is 3.11. The fourth-order valence-corrected chi connectivity index (χ4v) is 1.91. The van der Waals surface area contributed by atoms with E-state index in [1.807, 2.05) is 12.1 Å². The summed E-state index contributed by atoms with van der Waals surface area (Å²) < 4.78 is 5.78. The van der Waals surface area contributed by atoms with E-state index in [9.17, 15) is 5.11 Å². The first-order valence-corrected chi connectivity index (χ1v) is 7.12. The Bertz CT molecular complexity index is 396. The predicted octanol–water partition coefficient (Wildman–Crippen LogP) is 3.69. The summed E-state index contributed by atoms with van der Waals surface area (Å²) in [5, 5.41) is 9.33. The van der Waals surface area contributed by atoms with Crippen LogP contribution in [0.25, 0.3) is 0 Å². The van der Waals surface area contributed by atoms with Gasteiger partial charge in [0.2, 0.25) is 5.88 Å². The summed E-state index contributed by atoms with van der Waals surface area (Å²) in [6.07, 6.45) is 2.33. The molecule has 0 bridgehead atoms. The Morgan fingerprint density at radius 3 is 2.53 bits per heavy atom. The molecule has 0 fully saturated rings. The van der Waals surface area contributed by atoms with Crippen LogP contribution in [-0.2, 0) is 12.0 Å². The zero-order valence-electron chi connectivity index (χ0n) is 12.9. The van der Waals surface area contributed by atoms with Gasteiger partial charge in [-0.3, -0.25) is 0 Å². The summed E-state index contributed by atoms with van der Waals surface area (Å²) >= 11 is 0. The van der Waals surface area contributed by atoms with E-state index in [4.69, 9.17) is 4.74 Å². The zero-order chi connectivity index (χ0) is 14.5. The van der Waals surface area contributed by atoms with Crippen molar-refractivity contribution < 1.29 is 9.84 Å². The molecule has 0 aliphatic carbocycles. The largest absolute Gasteiger partial charge is 0.477 e. The number of ether oxygens (including phenoxy) is 1. The molecule has 0 saturated heterocycles. The lowest BCUT2D eigenvalue weighted by atomic mass is 9.91. The maximum absolute atomic E-state index is 9.33. The Hall–Kier alpha value is -1.09. The number of aliphatic hydroxyl groups excluding tert-OH is 1. The Labute approximate surface area is 117 Å². The Morgan fingerprint density at radius 1 is 1.32 bits per heavy atom. The van der Waals surface area contributed by atoms with Crippen LogP contribution >= 0.6 is 0 Å². The summed E-state index contributed by atoms with van der Waals surface area (Å²) in [5.41, 5.74) is 1.77. The van der Waals surface area contributed by atoms with Crippen molar-refractivity contribution >= 4 is 0 Å². The van der Waals surface area contributed by atoms with Crippen LogP contribution in [0.1, 0.15) is 58.7 Å². The Balaban J connectivity index is 2.83. The van der Waals surface area contributed by atoms with Gasteiger partial charge in [0.1, 0.15) is 0 Å². The minimum Gasteiger partial charge on any atom is -0.477 e. The van der Waals surface area contributed by atoms with Crippen molar-refractivity contribution in [2.45, 2.75) is 59.5 Å². The van der Waals surface area contributed by atoms with Crippen LogP contribution in [0.15, 0.2) is 12.1 Å². The van der Waals surface area contributed by atoms with Gasteiger partial charge in [-0.1, -0.05) is 41.0 Å². The van der Waals surface area contributed by atoms with Crippen LogP contribution < -0.4 is 4.74 Å². The summed E-state index contributed by atoms with van der Waals surface area (Å²) in [7, 11) is 0. The first-order valence-electron chi connectivity index (χ1n) is 7.12.